The van der Waals surface area contributed by atoms with Gasteiger partial charge in [-0.2, -0.15) is 0 Å². The number of thiophene rings is 1. The van der Waals surface area contributed by atoms with Gasteiger partial charge < -0.3 is 0 Å². The first kappa shape index (κ1) is 7.14. The third-order valence-electron chi connectivity index (χ3n) is 1.68. The molecule has 2 rings (SSSR count). The molecule has 0 fully saturated rings. The molecule has 0 amide bonds. The van der Waals surface area contributed by atoms with E-state index in [4.69, 9.17) is 11.6 Å². The number of halogens is 1. The van der Waals surface area contributed by atoms with Gasteiger partial charge in [0.1, 0.15) is 0 Å². The Balaban J connectivity index is 2.94. The van der Waals surface area contributed by atoms with Gasteiger partial charge in [0.05, 0.1) is 9.72 Å². The highest BCUT2D eigenvalue weighted by Crippen LogP contribution is 2.30. The molecule has 0 unspecified atom stereocenters. The maximum atomic E-state index is 5.96. The Morgan fingerprint density at radius 1 is 1.45 bits per heavy atom. The van der Waals surface area contributed by atoms with Gasteiger partial charge in [0.15, 0.2) is 0 Å². The number of aryl methyl sites for hydroxylation is 1. The third kappa shape index (κ3) is 1.05. The quantitative estimate of drug-likeness (QED) is 0.582. The SMILES string of the molecule is Cc1[c]sc2c(Cl)cccc12. The molecule has 0 spiro atoms. The largest absolute Gasteiger partial charge is 0.132 e. The van der Waals surface area contributed by atoms with Crippen LogP contribution in [-0.4, -0.2) is 0 Å². The van der Waals surface area contributed by atoms with Gasteiger partial charge in [0, 0.05) is 5.38 Å². The van der Waals surface area contributed by atoms with Crippen LogP contribution in [0.25, 0.3) is 10.1 Å². The van der Waals surface area contributed by atoms with E-state index in [1.54, 1.807) is 11.3 Å². The zero-order valence-electron chi connectivity index (χ0n) is 6.02. The van der Waals surface area contributed by atoms with E-state index in [0.717, 1.165) is 9.72 Å². The van der Waals surface area contributed by atoms with Gasteiger partial charge >= 0.3 is 0 Å². The molecule has 0 atom stereocenters. The van der Waals surface area contributed by atoms with Crippen molar-refractivity contribution in [2.75, 3.05) is 0 Å². The summed E-state index contributed by atoms with van der Waals surface area (Å²) < 4.78 is 1.15. The van der Waals surface area contributed by atoms with Gasteiger partial charge in [-0.1, -0.05) is 23.7 Å². The Kier molecular flexibility index (Phi) is 1.63. The first-order chi connectivity index (χ1) is 5.29. The molecule has 1 heterocycles. The van der Waals surface area contributed by atoms with Crippen molar-refractivity contribution in [2.24, 2.45) is 0 Å². The standard InChI is InChI=1S/C9H6ClS/c1-6-5-11-9-7(6)3-2-4-8(9)10/h2-4H,1H3. The topological polar surface area (TPSA) is 0 Å². The Morgan fingerprint density at radius 3 is 3.00 bits per heavy atom. The van der Waals surface area contributed by atoms with Crippen LogP contribution < -0.4 is 0 Å². The maximum absolute atomic E-state index is 5.96. The van der Waals surface area contributed by atoms with Gasteiger partial charge in [-0.25, -0.2) is 0 Å². The third-order valence-corrected chi connectivity index (χ3v) is 3.16. The number of benzene rings is 1. The van der Waals surface area contributed by atoms with Crippen LogP contribution in [-0.2, 0) is 0 Å². The lowest BCUT2D eigenvalue weighted by Crippen LogP contribution is -1.67. The van der Waals surface area contributed by atoms with Crippen LogP contribution >= 0.6 is 22.9 Å². The van der Waals surface area contributed by atoms with Gasteiger partial charge in [-0.15, -0.1) is 11.3 Å². The smallest absolute Gasteiger partial charge is 0.0584 e. The first-order valence-electron chi connectivity index (χ1n) is 3.34. The molecular formula is C9H6ClS. The van der Waals surface area contributed by atoms with Crippen LogP contribution in [0.5, 0.6) is 0 Å². The molecule has 0 bridgehead atoms. The number of fused-ring (bicyclic) bond motifs is 1. The van der Waals surface area contributed by atoms with E-state index in [-0.39, 0.29) is 0 Å². The fourth-order valence-corrected chi connectivity index (χ4v) is 2.24. The predicted octanol–water partition coefficient (Wildman–Crippen LogP) is 3.66. The van der Waals surface area contributed by atoms with Crippen molar-refractivity contribution >= 4 is 33.0 Å². The van der Waals surface area contributed by atoms with Gasteiger partial charge in [0.2, 0.25) is 0 Å². The summed E-state index contributed by atoms with van der Waals surface area (Å²) in [5, 5.41) is 5.23. The average molecular weight is 182 g/mol. The molecule has 0 saturated carbocycles. The molecule has 1 radical (unpaired) electrons. The molecule has 11 heavy (non-hydrogen) atoms. The lowest BCUT2D eigenvalue weighted by atomic mass is 10.2. The highest BCUT2D eigenvalue weighted by atomic mass is 35.5. The van der Waals surface area contributed by atoms with E-state index < -0.39 is 0 Å². The van der Waals surface area contributed by atoms with E-state index in [9.17, 15) is 0 Å². The summed E-state index contributed by atoms with van der Waals surface area (Å²) in [7, 11) is 0. The van der Waals surface area contributed by atoms with Crippen molar-refractivity contribution in [2.45, 2.75) is 6.92 Å². The van der Waals surface area contributed by atoms with Crippen molar-refractivity contribution in [3.05, 3.63) is 34.2 Å². The Hall–Kier alpha value is -0.530. The molecule has 2 heteroatoms. The number of hydrogen-bond acceptors (Lipinski definition) is 1. The Labute approximate surface area is 74.4 Å². The van der Waals surface area contributed by atoms with Gasteiger partial charge in [-0.05, 0) is 23.9 Å². The molecular weight excluding hydrogens is 176 g/mol. The van der Waals surface area contributed by atoms with Crippen LogP contribution in [0.3, 0.4) is 0 Å². The van der Waals surface area contributed by atoms with Crippen molar-refractivity contribution < 1.29 is 0 Å². The van der Waals surface area contributed by atoms with Crippen LogP contribution in [0.15, 0.2) is 18.2 Å². The second-order valence-electron chi connectivity index (χ2n) is 2.45. The highest BCUT2D eigenvalue weighted by Gasteiger charge is 2.02. The van der Waals surface area contributed by atoms with Crippen LogP contribution in [0.4, 0.5) is 0 Å². The van der Waals surface area contributed by atoms with Crippen LogP contribution in [0.2, 0.25) is 5.02 Å². The minimum absolute atomic E-state index is 0.830. The molecule has 0 aliphatic rings. The molecule has 2 aromatic rings. The van der Waals surface area contributed by atoms with E-state index in [0.29, 0.717) is 0 Å². The fourth-order valence-electron chi connectivity index (χ4n) is 1.09. The van der Waals surface area contributed by atoms with Crippen molar-refractivity contribution in [1.82, 2.24) is 0 Å². The summed E-state index contributed by atoms with van der Waals surface area (Å²) in [6.45, 7) is 2.05. The predicted molar refractivity (Wildman–Crippen MR) is 50.4 cm³/mol. The summed E-state index contributed by atoms with van der Waals surface area (Å²) in [6, 6.07) is 5.95. The summed E-state index contributed by atoms with van der Waals surface area (Å²) in [6.07, 6.45) is 0. The summed E-state index contributed by atoms with van der Waals surface area (Å²) in [4.78, 5) is 0. The average Bonchev–Trinajstić information content (AvgIpc) is 2.35. The van der Waals surface area contributed by atoms with Crippen molar-refractivity contribution in [1.29, 1.82) is 0 Å². The highest BCUT2D eigenvalue weighted by molar-refractivity contribution is 7.17. The van der Waals surface area contributed by atoms with Gasteiger partial charge in [-0.3, -0.25) is 0 Å². The molecule has 1 aromatic carbocycles. The minimum Gasteiger partial charge on any atom is -0.132 e. The summed E-state index contributed by atoms with van der Waals surface area (Å²) in [5.41, 5.74) is 1.19. The summed E-state index contributed by atoms with van der Waals surface area (Å²) in [5.74, 6) is 0. The normalized spacial score (nSPS) is 10.7. The van der Waals surface area contributed by atoms with E-state index in [1.807, 2.05) is 12.1 Å². The zero-order valence-corrected chi connectivity index (χ0v) is 7.59. The van der Waals surface area contributed by atoms with Crippen molar-refractivity contribution in [3.63, 3.8) is 0 Å². The van der Waals surface area contributed by atoms with Crippen LogP contribution in [0.1, 0.15) is 5.56 Å². The molecule has 1 aromatic heterocycles. The lowest BCUT2D eigenvalue weighted by molar-refractivity contribution is 1.59. The number of hydrogen-bond donors (Lipinski definition) is 0. The van der Waals surface area contributed by atoms with E-state index in [1.165, 1.54) is 10.9 Å². The van der Waals surface area contributed by atoms with Gasteiger partial charge in [0.25, 0.3) is 0 Å². The summed E-state index contributed by atoms with van der Waals surface area (Å²) >= 11 is 7.54. The monoisotopic (exact) mass is 181 g/mol. The minimum atomic E-state index is 0.830. The van der Waals surface area contributed by atoms with E-state index >= 15 is 0 Å². The Morgan fingerprint density at radius 2 is 2.27 bits per heavy atom. The lowest BCUT2D eigenvalue weighted by Gasteiger charge is -1.91. The molecule has 0 N–H and O–H groups in total. The molecule has 0 nitrogen and oxygen atoms in total. The van der Waals surface area contributed by atoms with E-state index in [2.05, 4.69) is 18.4 Å². The van der Waals surface area contributed by atoms with Crippen LogP contribution in [0, 0.1) is 12.3 Å². The molecule has 55 valence electrons. The zero-order chi connectivity index (χ0) is 7.84. The maximum Gasteiger partial charge on any atom is 0.0584 e. The first-order valence-corrected chi connectivity index (χ1v) is 4.54. The van der Waals surface area contributed by atoms with Crippen molar-refractivity contribution in [3.8, 4) is 0 Å². The Bertz CT molecular complexity index is 389. The molecule has 0 aliphatic carbocycles. The number of rotatable bonds is 0. The fraction of sp³-hybridized carbons (Fsp3) is 0.111. The second kappa shape index (κ2) is 2.50. The second-order valence-corrected chi connectivity index (χ2v) is 3.67. The molecule has 0 saturated heterocycles. The molecule has 0 aliphatic heterocycles.